The molecule has 0 saturated heterocycles. The quantitative estimate of drug-likeness (QED) is 0.806. The van der Waals surface area contributed by atoms with Crippen LogP contribution < -0.4 is 5.32 Å². The maximum absolute atomic E-state index is 4.83. The van der Waals surface area contributed by atoms with Gasteiger partial charge in [0, 0.05) is 24.5 Å². The van der Waals surface area contributed by atoms with Crippen LogP contribution >= 0.6 is 0 Å². The lowest BCUT2D eigenvalue weighted by atomic mass is 10.1. The molecule has 5 heteroatoms. The van der Waals surface area contributed by atoms with Gasteiger partial charge in [-0.3, -0.25) is 9.97 Å². The molecule has 0 atom stereocenters. The first-order valence-electron chi connectivity index (χ1n) is 7.59. The minimum atomic E-state index is 0.829. The Balaban J connectivity index is 1.92. The van der Waals surface area contributed by atoms with Crippen LogP contribution in [0.25, 0.3) is 17.1 Å². The van der Waals surface area contributed by atoms with Gasteiger partial charge >= 0.3 is 0 Å². The second kappa shape index (κ2) is 5.26. The van der Waals surface area contributed by atoms with Gasteiger partial charge in [-0.05, 0) is 24.5 Å². The molecule has 2 aromatic heterocycles. The molecule has 0 spiro atoms. The minimum Gasteiger partial charge on any atom is -0.369 e. The molecule has 0 bridgehead atoms. The lowest BCUT2D eigenvalue weighted by Crippen LogP contribution is -2.06. The van der Waals surface area contributed by atoms with Crippen LogP contribution in [-0.4, -0.2) is 26.3 Å². The summed E-state index contributed by atoms with van der Waals surface area (Å²) in [6.07, 6.45) is 7.12. The number of fused-ring (bicyclic) bond motifs is 1. The molecule has 1 aromatic carbocycles. The normalized spacial score (nSPS) is 13.0. The Morgan fingerprint density at radius 3 is 2.95 bits per heavy atom. The van der Waals surface area contributed by atoms with Crippen LogP contribution in [0, 0.1) is 0 Å². The molecule has 0 amide bonds. The summed E-state index contributed by atoms with van der Waals surface area (Å²) in [6, 6.07) is 8.40. The van der Waals surface area contributed by atoms with Crippen molar-refractivity contribution in [3.8, 4) is 17.1 Å². The average Bonchev–Trinajstić information content (AvgIpc) is 3.18. The number of rotatable bonds is 3. The van der Waals surface area contributed by atoms with E-state index in [1.807, 2.05) is 4.68 Å². The number of aromatic nitrogens is 4. The van der Waals surface area contributed by atoms with Gasteiger partial charge < -0.3 is 5.32 Å². The Morgan fingerprint density at radius 1 is 1.23 bits per heavy atom. The van der Waals surface area contributed by atoms with E-state index in [1.54, 1.807) is 18.6 Å². The highest BCUT2D eigenvalue weighted by molar-refractivity contribution is 5.70. The summed E-state index contributed by atoms with van der Waals surface area (Å²) in [4.78, 5) is 8.58. The van der Waals surface area contributed by atoms with E-state index in [0.717, 1.165) is 42.3 Å². The van der Waals surface area contributed by atoms with Gasteiger partial charge in [0.25, 0.3) is 0 Å². The summed E-state index contributed by atoms with van der Waals surface area (Å²) in [7, 11) is 0. The molecule has 3 heterocycles. The molecular formula is C17H17N5. The Morgan fingerprint density at radius 2 is 2.14 bits per heavy atom. The number of nitrogens with one attached hydrogen (secondary N) is 1. The van der Waals surface area contributed by atoms with Crippen molar-refractivity contribution < 1.29 is 0 Å². The van der Waals surface area contributed by atoms with Crippen molar-refractivity contribution in [2.24, 2.45) is 0 Å². The molecule has 0 saturated carbocycles. The first kappa shape index (κ1) is 13.0. The largest absolute Gasteiger partial charge is 0.369 e. The number of hydrogen-bond acceptors (Lipinski definition) is 4. The summed E-state index contributed by atoms with van der Waals surface area (Å²) in [5.41, 5.74) is 5.40. The van der Waals surface area contributed by atoms with Gasteiger partial charge in [0.2, 0.25) is 0 Å². The lowest BCUT2D eigenvalue weighted by Gasteiger charge is -2.10. The Bertz CT molecular complexity index is 807. The van der Waals surface area contributed by atoms with Gasteiger partial charge in [0.15, 0.2) is 0 Å². The van der Waals surface area contributed by atoms with E-state index in [0.29, 0.717) is 0 Å². The molecule has 1 aliphatic heterocycles. The molecule has 22 heavy (non-hydrogen) atoms. The van der Waals surface area contributed by atoms with E-state index in [1.165, 1.54) is 11.1 Å². The fraction of sp³-hybridized carbons (Fsp3) is 0.235. The first-order valence-corrected chi connectivity index (χ1v) is 7.59. The van der Waals surface area contributed by atoms with Crippen LogP contribution in [-0.2, 0) is 12.8 Å². The third-order valence-electron chi connectivity index (χ3n) is 4.06. The van der Waals surface area contributed by atoms with Crippen molar-refractivity contribution in [2.75, 3.05) is 11.9 Å². The Labute approximate surface area is 129 Å². The number of para-hydroxylation sites is 1. The monoisotopic (exact) mass is 291 g/mol. The van der Waals surface area contributed by atoms with Crippen LogP contribution in [0.3, 0.4) is 0 Å². The fourth-order valence-electron chi connectivity index (χ4n) is 2.99. The van der Waals surface area contributed by atoms with Gasteiger partial charge in [-0.1, -0.05) is 25.1 Å². The third kappa shape index (κ3) is 1.97. The topological polar surface area (TPSA) is 55.6 Å². The SMILES string of the molecule is CCc1ccccc1-n1nc(-c2cnccn2)c2c1NCC2. The Kier molecular flexibility index (Phi) is 3.11. The van der Waals surface area contributed by atoms with Gasteiger partial charge in [-0.15, -0.1) is 0 Å². The summed E-state index contributed by atoms with van der Waals surface area (Å²) >= 11 is 0. The van der Waals surface area contributed by atoms with Crippen molar-refractivity contribution in [3.05, 3.63) is 54.0 Å². The molecule has 5 nitrogen and oxygen atoms in total. The van der Waals surface area contributed by atoms with Gasteiger partial charge in [0.1, 0.15) is 17.2 Å². The highest BCUT2D eigenvalue weighted by Gasteiger charge is 2.25. The van der Waals surface area contributed by atoms with Crippen molar-refractivity contribution in [3.63, 3.8) is 0 Å². The zero-order valence-electron chi connectivity index (χ0n) is 12.5. The van der Waals surface area contributed by atoms with Gasteiger partial charge in [0.05, 0.1) is 11.9 Å². The summed E-state index contributed by atoms with van der Waals surface area (Å²) in [5, 5.41) is 8.29. The summed E-state index contributed by atoms with van der Waals surface area (Å²) < 4.78 is 2.02. The van der Waals surface area contributed by atoms with Crippen LogP contribution in [0.2, 0.25) is 0 Å². The predicted molar refractivity (Wildman–Crippen MR) is 86.2 cm³/mol. The molecule has 0 radical (unpaired) electrons. The third-order valence-corrected chi connectivity index (χ3v) is 4.06. The molecule has 0 aliphatic carbocycles. The molecule has 0 unspecified atom stereocenters. The van der Waals surface area contributed by atoms with Crippen LogP contribution in [0.5, 0.6) is 0 Å². The molecular weight excluding hydrogens is 274 g/mol. The maximum Gasteiger partial charge on any atom is 0.133 e. The highest BCUT2D eigenvalue weighted by atomic mass is 15.3. The number of aryl methyl sites for hydroxylation is 1. The standard InChI is InChI=1S/C17H17N5/c1-2-12-5-3-4-6-15(12)22-17-13(7-8-20-17)16(21-22)14-11-18-9-10-19-14/h3-6,9-11,20H,2,7-8H2,1H3. The van der Waals surface area contributed by atoms with Crippen molar-refractivity contribution in [2.45, 2.75) is 19.8 Å². The number of hydrogen-bond donors (Lipinski definition) is 1. The zero-order valence-corrected chi connectivity index (χ0v) is 12.5. The Hall–Kier alpha value is -2.69. The maximum atomic E-state index is 4.83. The molecule has 1 aliphatic rings. The first-order chi connectivity index (χ1) is 10.9. The average molecular weight is 291 g/mol. The van der Waals surface area contributed by atoms with E-state index in [2.05, 4.69) is 46.5 Å². The fourth-order valence-corrected chi connectivity index (χ4v) is 2.99. The summed E-state index contributed by atoms with van der Waals surface area (Å²) in [5.74, 6) is 1.08. The molecule has 0 fully saturated rings. The summed E-state index contributed by atoms with van der Waals surface area (Å²) in [6.45, 7) is 3.11. The predicted octanol–water partition coefficient (Wildman–Crippen LogP) is 2.86. The zero-order chi connectivity index (χ0) is 14.9. The lowest BCUT2D eigenvalue weighted by molar-refractivity contribution is 0.863. The van der Waals surface area contributed by atoms with Crippen LogP contribution in [0.15, 0.2) is 42.9 Å². The van der Waals surface area contributed by atoms with Gasteiger partial charge in [-0.2, -0.15) is 5.10 Å². The van der Waals surface area contributed by atoms with Crippen molar-refractivity contribution in [1.29, 1.82) is 0 Å². The van der Waals surface area contributed by atoms with E-state index < -0.39 is 0 Å². The van der Waals surface area contributed by atoms with E-state index in [9.17, 15) is 0 Å². The van der Waals surface area contributed by atoms with Crippen molar-refractivity contribution in [1.82, 2.24) is 19.7 Å². The highest BCUT2D eigenvalue weighted by Crippen LogP contribution is 2.34. The van der Waals surface area contributed by atoms with Crippen molar-refractivity contribution >= 4 is 5.82 Å². The smallest absolute Gasteiger partial charge is 0.133 e. The number of anilines is 1. The van der Waals surface area contributed by atoms with E-state index in [-0.39, 0.29) is 0 Å². The molecule has 4 rings (SSSR count). The molecule has 3 aromatic rings. The van der Waals surface area contributed by atoms with E-state index in [4.69, 9.17) is 5.10 Å². The van der Waals surface area contributed by atoms with Crippen LogP contribution in [0.1, 0.15) is 18.1 Å². The number of benzene rings is 1. The second-order valence-corrected chi connectivity index (χ2v) is 5.34. The second-order valence-electron chi connectivity index (χ2n) is 5.34. The minimum absolute atomic E-state index is 0.829. The molecule has 1 N–H and O–H groups in total. The molecule has 110 valence electrons. The van der Waals surface area contributed by atoms with Crippen LogP contribution in [0.4, 0.5) is 5.82 Å². The van der Waals surface area contributed by atoms with Gasteiger partial charge in [-0.25, -0.2) is 4.68 Å². The number of nitrogens with zero attached hydrogens (tertiary/aromatic N) is 4. The van der Waals surface area contributed by atoms with E-state index >= 15 is 0 Å².